The van der Waals surface area contributed by atoms with Crippen molar-refractivity contribution in [1.29, 1.82) is 0 Å². The van der Waals surface area contributed by atoms with Crippen LogP contribution in [0.4, 0.5) is 0 Å². The highest BCUT2D eigenvalue weighted by molar-refractivity contribution is 5.83. The first-order chi connectivity index (χ1) is 9.81. The number of aliphatic hydroxyl groups is 1. The Hall–Kier alpha value is -1.38. The van der Waals surface area contributed by atoms with E-state index in [1.54, 1.807) is 0 Å². The first-order valence-electron chi connectivity index (χ1n) is 7.72. The molecule has 2 heteroatoms. The summed E-state index contributed by atoms with van der Waals surface area (Å²) < 4.78 is 0. The van der Waals surface area contributed by atoms with E-state index < -0.39 is 0 Å². The van der Waals surface area contributed by atoms with Crippen LogP contribution in [-0.4, -0.2) is 29.1 Å². The molecule has 3 fully saturated rings. The predicted molar refractivity (Wildman–Crippen MR) is 81.6 cm³/mol. The minimum absolute atomic E-state index is 0.323. The lowest BCUT2D eigenvalue weighted by Crippen LogP contribution is -2.51. The zero-order chi connectivity index (χ0) is 13.5. The second kappa shape index (κ2) is 4.87. The molecule has 0 unspecified atom stereocenters. The van der Waals surface area contributed by atoms with Crippen LogP contribution in [0.1, 0.15) is 30.9 Å². The highest BCUT2D eigenvalue weighted by atomic mass is 16.3. The summed E-state index contributed by atoms with van der Waals surface area (Å²) >= 11 is 0. The first-order valence-corrected chi connectivity index (χ1v) is 7.72. The molecule has 2 atom stereocenters. The molecule has 0 radical (unpaired) electrons. The average molecular weight is 267 g/mol. The van der Waals surface area contributed by atoms with Crippen molar-refractivity contribution < 1.29 is 5.11 Å². The molecule has 0 aromatic heterocycles. The number of hydrogen-bond donors (Lipinski definition) is 1. The SMILES string of the molecule is O[C@H](c1ccc2ccccc2c1)[C@@H]1CC2CCN1CC2. The van der Waals surface area contributed by atoms with E-state index >= 15 is 0 Å². The molecular weight excluding hydrogens is 246 g/mol. The van der Waals surface area contributed by atoms with Gasteiger partial charge in [-0.2, -0.15) is 0 Å². The van der Waals surface area contributed by atoms with Gasteiger partial charge in [0.05, 0.1) is 6.10 Å². The van der Waals surface area contributed by atoms with Gasteiger partial charge >= 0.3 is 0 Å². The Bertz CT molecular complexity index is 616. The highest BCUT2D eigenvalue weighted by Gasteiger charge is 2.37. The minimum Gasteiger partial charge on any atom is -0.387 e. The van der Waals surface area contributed by atoms with E-state index in [0.29, 0.717) is 6.04 Å². The molecule has 2 aromatic rings. The summed E-state index contributed by atoms with van der Waals surface area (Å²) in [6.45, 7) is 2.33. The van der Waals surface area contributed by atoms with Crippen LogP contribution in [0.3, 0.4) is 0 Å². The maximum absolute atomic E-state index is 10.8. The Kier molecular flexibility index (Phi) is 3.01. The fourth-order valence-electron chi connectivity index (χ4n) is 3.95. The molecule has 104 valence electrons. The third-order valence-electron chi connectivity index (χ3n) is 5.17. The standard InChI is InChI=1S/C18H21NO/c20-18(17-11-13-7-9-19(17)10-8-13)16-6-5-14-3-1-2-4-15(14)12-16/h1-6,12-13,17-18,20H,7-11H2/t17-,18+/m0/s1. The summed E-state index contributed by atoms with van der Waals surface area (Å²) in [5.74, 6) is 0.833. The van der Waals surface area contributed by atoms with Gasteiger partial charge in [0.25, 0.3) is 0 Å². The van der Waals surface area contributed by atoms with Crippen molar-refractivity contribution >= 4 is 10.8 Å². The maximum Gasteiger partial charge on any atom is 0.0945 e. The molecule has 20 heavy (non-hydrogen) atoms. The number of fused-ring (bicyclic) bond motifs is 4. The van der Waals surface area contributed by atoms with Crippen molar-refractivity contribution in [3.05, 3.63) is 48.0 Å². The number of nitrogens with zero attached hydrogens (tertiary/aromatic N) is 1. The van der Waals surface area contributed by atoms with Gasteiger partial charge in [-0.25, -0.2) is 0 Å². The van der Waals surface area contributed by atoms with Crippen LogP contribution < -0.4 is 0 Å². The van der Waals surface area contributed by atoms with Crippen LogP contribution >= 0.6 is 0 Å². The Labute approximate surface area is 120 Å². The van der Waals surface area contributed by atoms with Gasteiger partial charge in [-0.3, -0.25) is 4.90 Å². The molecule has 3 aliphatic rings. The van der Waals surface area contributed by atoms with Crippen molar-refractivity contribution in [3.8, 4) is 0 Å². The number of aliphatic hydroxyl groups excluding tert-OH is 1. The van der Waals surface area contributed by atoms with Crippen LogP contribution in [-0.2, 0) is 0 Å². The molecule has 3 saturated heterocycles. The molecule has 1 N–H and O–H groups in total. The van der Waals surface area contributed by atoms with Crippen LogP contribution in [0, 0.1) is 5.92 Å². The van der Waals surface area contributed by atoms with E-state index in [9.17, 15) is 5.11 Å². The molecule has 0 amide bonds. The van der Waals surface area contributed by atoms with Crippen molar-refractivity contribution in [3.63, 3.8) is 0 Å². The second-order valence-corrected chi connectivity index (χ2v) is 6.33. The zero-order valence-corrected chi connectivity index (χ0v) is 11.7. The molecule has 5 rings (SSSR count). The summed E-state index contributed by atoms with van der Waals surface area (Å²) in [6, 6.07) is 15.1. The normalized spacial score (nSPS) is 30.6. The predicted octanol–water partition coefficient (Wildman–Crippen LogP) is 3.36. The van der Waals surface area contributed by atoms with Crippen molar-refractivity contribution in [2.45, 2.75) is 31.4 Å². The number of hydrogen-bond acceptors (Lipinski definition) is 2. The Balaban J connectivity index is 1.64. The van der Waals surface area contributed by atoms with E-state index in [0.717, 1.165) is 17.9 Å². The van der Waals surface area contributed by atoms with Gasteiger partial charge in [-0.1, -0.05) is 36.4 Å². The number of piperidine rings is 3. The quantitative estimate of drug-likeness (QED) is 0.902. The molecule has 2 bridgehead atoms. The van der Waals surface area contributed by atoms with Crippen LogP contribution in [0.5, 0.6) is 0 Å². The Morgan fingerprint density at radius 1 is 1.00 bits per heavy atom. The number of benzene rings is 2. The molecule has 3 aliphatic heterocycles. The third-order valence-corrected chi connectivity index (χ3v) is 5.17. The van der Waals surface area contributed by atoms with Gasteiger partial charge in [0.15, 0.2) is 0 Å². The smallest absolute Gasteiger partial charge is 0.0945 e. The van der Waals surface area contributed by atoms with Crippen LogP contribution in [0.25, 0.3) is 10.8 Å². The van der Waals surface area contributed by atoms with Gasteiger partial charge in [0.1, 0.15) is 0 Å². The number of rotatable bonds is 2. The third kappa shape index (κ3) is 2.04. The maximum atomic E-state index is 10.8. The highest BCUT2D eigenvalue weighted by Crippen LogP contribution is 2.37. The molecule has 2 nitrogen and oxygen atoms in total. The summed E-state index contributed by atoms with van der Waals surface area (Å²) in [6.07, 6.45) is 3.46. The van der Waals surface area contributed by atoms with Crippen LogP contribution in [0.2, 0.25) is 0 Å². The fourth-order valence-corrected chi connectivity index (χ4v) is 3.95. The summed E-state index contributed by atoms with van der Waals surface area (Å²) in [7, 11) is 0. The fraction of sp³-hybridized carbons (Fsp3) is 0.444. The van der Waals surface area contributed by atoms with E-state index in [1.807, 2.05) is 0 Å². The largest absolute Gasteiger partial charge is 0.387 e. The first kappa shape index (κ1) is 12.4. The molecule has 0 aliphatic carbocycles. The van der Waals surface area contributed by atoms with Gasteiger partial charge in [-0.15, -0.1) is 0 Å². The van der Waals surface area contributed by atoms with Crippen molar-refractivity contribution in [1.82, 2.24) is 4.90 Å². The van der Waals surface area contributed by atoms with E-state index in [-0.39, 0.29) is 6.10 Å². The van der Waals surface area contributed by atoms with Crippen molar-refractivity contribution in [2.75, 3.05) is 13.1 Å². The molecule has 0 spiro atoms. The minimum atomic E-state index is -0.345. The van der Waals surface area contributed by atoms with E-state index in [2.05, 4.69) is 47.4 Å². The summed E-state index contributed by atoms with van der Waals surface area (Å²) in [4.78, 5) is 2.49. The Morgan fingerprint density at radius 3 is 2.45 bits per heavy atom. The zero-order valence-electron chi connectivity index (χ0n) is 11.7. The van der Waals surface area contributed by atoms with Crippen LogP contribution in [0.15, 0.2) is 42.5 Å². The lowest BCUT2D eigenvalue weighted by atomic mass is 9.80. The average Bonchev–Trinajstić information content (AvgIpc) is 2.54. The van der Waals surface area contributed by atoms with Gasteiger partial charge in [-0.05, 0) is 60.7 Å². The lowest BCUT2D eigenvalue weighted by Gasteiger charge is -2.47. The molecular formula is C18H21NO. The van der Waals surface area contributed by atoms with Gasteiger partial charge < -0.3 is 5.11 Å². The molecule has 2 aromatic carbocycles. The second-order valence-electron chi connectivity index (χ2n) is 6.33. The van der Waals surface area contributed by atoms with E-state index in [4.69, 9.17) is 0 Å². The topological polar surface area (TPSA) is 23.5 Å². The van der Waals surface area contributed by atoms with Crippen molar-refractivity contribution in [2.24, 2.45) is 5.92 Å². The lowest BCUT2D eigenvalue weighted by molar-refractivity contribution is -0.0268. The molecule has 3 heterocycles. The monoisotopic (exact) mass is 267 g/mol. The Morgan fingerprint density at radius 2 is 1.75 bits per heavy atom. The van der Waals surface area contributed by atoms with Gasteiger partial charge in [0.2, 0.25) is 0 Å². The summed E-state index contributed by atoms with van der Waals surface area (Å²) in [5.41, 5.74) is 1.07. The summed E-state index contributed by atoms with van der Waals surface area (Å²) in [5, 5.41) is 13.3. The van der Waals surface area contributed by atoms with E-state index in [1.165, 1.54) is 36.7 Å². The molecule has 0 saturated carbocycles. The van der Waals surface area contributed by atoms with Gasteiger partial charge in [0, 0.05) is 6.04 Å².